The zero-order chi connectivity index (χ0) is 12.4. The standard InChI is InChI=1S/C16H22O2/c17-12-16(10-4-1-5-11-16)14-8-9-15(14)18-13-6-2-3-7-13/h1,4-5,10,12-15H,2-3,6-9,11H2. The van der Waals surface area contributed by atoms with Crippen LogP contribution in [-0.2, 0) is 9.53 Å². The molecule has 18 heavy (non-hydrogen) atoms. The first-order chi connectivity index (χ1) is 8.84. The molecule has 3 aliphatic rings. The summed E-state index contributed by atoms with van der Waals surface area (Å²) < 4.78 is 6.22. The molecule has 2 heteroatoms. The second-order valence-corrected chi connectivity index (χ2v) is 5.99. The highest BCUT2D eigenvalue weighted by Gasteiger charge is 2.47. The second kappa shape index (κ2) is 5.00. The van der Waals surface area contributed by atoms with Crippen LogP contribution in [0.2, 0.25) is 0 Å². The summed E-state index contributed by atoms with van der Waals surface area (Å²) in [5, 5.41) is 0. The molecule has 2 nitrogen and oxygen atoms in total. The van der Waals surface area contributed by atoms with Crippen LogP contribution < -0.4 is 0 Å². The molecule has 0 aromatic heterocycles. The number of aldehydes is 1. The van der Waals surface area contributed by atoms with Crippen LogP contribution in [0.5, 0.6) is 0 Å². The highest BCUT2D eigenvalue weighted by Crippen LogP contribution is 2.48. The fourth-order valence-electron chi connectivity index (χ4n) is 3.62. The molecular formula is C16H22O2. The van der Waals surface area contributed by atoms with Gasteiger partial charge in [-0.3, -0.25) is 0 Å². The second-order valence-electron chi connectivity index (χ2n) is 5.99. The molecule has 0 bridgehead atoms. The van der Waals surface area contributed by atoms with Gasteiger partial charge in [0.1, 0.15) is 6.29 Å². The van der Waals surface area contributed by atoms with Crippen molar-refractivity contribution in [2.45, 2.75) is 57.2 Å². The van der Waals surface area contributed by atoms with E-state index in [4.69, 9.17) is 4.74 Å². The van der Waals surface area contributed by atoms with Crippen molar-refractivity contribution in [3.05, 3.63) is 24.3 Å². The van der Waals surface area contributed by atoms with Crippen LogP contribution in [0.25, 0.3) is 0 Å². The molecule has 3 unspecified atom stereocenters. The van der Waals surface area contributed by atoms with Crippen molar-refractivity contribution in [2.24, 2.45) is 11.3 Å². The highest BCUT2D eigenvalue weighted by molar-refractivity contribution is 5.65. The van der Waals surface area contributed by atoms with E-state index in [1.54, 1.807) is 0 Å². The molecule has 0 spiro atoms. The van der Waals surface area contributed by atoms with Crippen LogP contribution in [0.1, 0.15) is 44.9 Å². The van der Waals surface area contributed by atoms with Gasteiger partial charge in [0.25, 0.3) is 0 Å². The van der Waals surface area contributed by atoms with Crippen LogP contribution in [-0.4, -0.2) is 18.5 Å². The van der Waals surface area contributed by atoms with E-state index in [1.165, 1.54) is 25.7 Å². The number of rotatable bonds is 4. The van der Waals surface area contributed by atoms with Crippen molar-refractivity contribution in [1.29, 1.82) is 0 Å². The molecule has 0 heterocycles. The lowest BCUT2D eigenvalue weighted by Crippen LogP contribution is -2.47. The number of ether oxygens (including phenoxy) is 1. The molecule has 0 N–H and O–H groups in total. The van der Waals surface area contributed by atoms with E-state index < -0.39 is 0 Å². The minimum absolute atomic E-state index is 0.281. The molecule has 3 atom stereocenters. The van der Waals surface area contributed by atoms with Crippen LogP contribution in [0.15, 0.2) is 24.3 Å². The number of allylic oxidation sites excluding steroid dienone is 4. The van der Waals surface area contributed by atoms with Crippen molar-refractivity contribution in [3.8, 4) is 0 Å². The lowest BCUT2D eigenvalue weighted by Gasteiger charge is -2.47. The third-order valence-corrected chi connectivity index (χ3v) is 4.92. The number of hydrogen-bond donors (Lipinski definition) is 0. The van der Waals surface area contributed by atoms with Crippen LogP contribution in [0, 0.1) is 11.3 Å². The van der Waals surface area contributed by atoms with Crippen molar-refractivity contribution in [1.82, 2.24) is 0 Å². The summed E-state index contributed by atoms with van der Waals surface area (Å²) in [4.78, 5) is 11.6. The minimum atomic E-state index is -0.281. The van der Waals surface area contributed by atoms with Gasteiger partial charge < -0.3 is 9.53 Å². The molecule has 3 rings (SSSR count). The van der Waals surface area contributed by atoms with Crippen molar-refractivity contribution >= 4 is 6.29 Å². The molecule has 2 fully saturated rings. The first-order valence-electron chi connectivity index (χ1n) is 7.30. The number of carbonyl (C=O) groups is 1. The molecule has 98 valence electrons. The molecule has 2 saturated carbocycles. The van der Waals surface area contributed by atoms with Gasteiger partial charge in [-0.25, -0.2) is 0 Å². The summed E-state index contributed by atoms with van der Waals surface area (Å²) in [6.07, 6.45) is 18.4. The Labute approximate surface area is 109 Å². The Morgan fingerprint density at radius 1 is 1.11 bits per heavy atom. The van der Waals surface area contributed by atoms with E-state index in [1.807, 2.05) is 12.2 Å². The topological polar surface area (TPSA) is 26.3 Å². The minimum Gasteiger partial charge on any atom is -0.375 e. The summed E-state index contributed by atoms with van der Waals surface area (Å²) in [6.45, 7) is 0. The third kappa shape index (κ3) is 2.07. The summed E-state index contributed by atoms with van der Waals surface area (Å²) in [6, 6.07) is 0. The fourth-order valence-corrected chi connectivity index (χ4v) is 3.62. The van der Waals surface area contributed by atoms with E-state index >= 15 is 0 Å². The van der Waals surface area contributed by atoms with Gasteiger partial charge in [-0.05, 0) is 32.1 Å². The Morgan fingerprint density at radius 2 is 1.94 bits per heavy atom. The van der Waals surface area contributed by atoms with Crippen LogP contribution >= 0.6 is 0 Å². The number of hydrogen-bond acceptors (Lipinski definition) is 2. The SMILES string of the molecule is O=CC1(C2CCC2OC2CCCC2)C=CC=CC1. The zero-order valence-electron chi connectivity index (χ0n) is 10.9. The van der Waals surface area contributed by atoms with Crippen molar-refractivity contribution in [2.75, 3.05) is 0 Å². The zero-order valence-corrected chi connectivity index (χ0v) is 10.9. The summed E-state index contributed by atoms with van der Waals surface area (Å²) in [7, 11) is 0. The fraction of sp³-hybridized carbons (Fsp3) is 0.688. The molecule has 0 radical (unpaired) electrons. The Bertz CT molecular complexity index is 365. The van der Waals surface area contributed by atoms with Gasteiger partial charge >= 0.3 is 0 Å². The van der Waals surface area contributed by atoms with Gasteiger partial charge in [-0.15, -0.1) is 0 Å². The molecule has 0 aromatic rings. The Kier molecular flexibility index (Phi) is 3.38. The average Bonchev–Trinajstić information content (AvgIpc) is 2.89. The molecule has 0 aliphatic heterocycles. The third-order valence-electron chi connectivity index (χ3n) is 4.92. The normalized spacial score (nSPS) is 39.8. The quantitative estimate of drug-likeness (QED) is 0.710. The Morgan fingerprint density at radius 3 is 2.50 bits per heavy atom. The monoisotopic (exact) mass is 246 g/mol. The van der Waals surface area contributed by atoms with E-state index in [9.17, 15) is 4.79 Å². The van der Waals surface area contributed by atoms with Gasteiger partial charge in [0.15, 0.2) is 0 Å². The maximum Gasteiger partial charge on any atom is 0.130 e. The van der Waals surface area contributed by atoms with Gasteiger partial charge in [0.05, 0.1) is 17.6 Å². The van der Waals surface area contributed by atoms with Gasteiger partial charge in [-0.1, -0.05) is 37.1 Å². The highest BCUT2D eigenvalue weighted by atomic mass is 16.5. The lowest BCUT2D eigenvalue weighted by molar-refractivity contribution is -0.137. The summed E-state index contributed by atoms with van der Waals surface area (Å²) >= 11 is 0. The van der Waals surface area contributed by atoms with Gasteiger partial charge in [0.2, 0.25) is 0 Å². The molecule has 3 aliphatic carbocycles. The van der Waals surface area contributed by atoms with Crippen molar-refractivity contribution < 1.29 is 9.53 Å². The Hall–Kier alpha value is -0.890. The molecule has 0 saturated heterocycles. The van der Waals surface area contributed by atoms with Gasteiger partial charge in [0, 0.05) is 5.92 Å². The van der Waals surface area contributed by atoms with E-state index in [0.717, 1.165) is 25.5 Å². The molecular weight excluding hydrogens is 224 g/mol. The largest absolute Gasteiger partial charge is 0.375 e. The maximum absolute atomic E-state index is 11.6. The Balaban J connectivity index is 1.66. The average molecular weight is 246 g/mol. The van der Waals surface area contributed by atoms with E-state index in [-0.39, 0.29) is 5.41 Å². The van der Waals surface area contributed by atoms with Gasteiger partial charge in [-0.2, -0.15) is 0 Å². The van der Waals surface area contributed by atoms with E-state index in [0.29, 0.717) is 18.1 Å². The van der Waals surface area contributed by atoms with Crippen molar-refractivity contribution in [3.63, 3.8) is 0 Å². The van der Waals surface area contributed by atoms with Crippen LogP contribution in [0.4, 0.5) is 0 Å². The summed E-state index contributed by atoms with van der Waals surface area (Å²) in [5.41, 5.74) is -0.281. The van der Waals surface area contributed by atoms with E-state index in [2.05, 4.69) is 12.2 Å². The predicted molar refractivity (Wildman–Crippen MR) is 71.2 cm³/mol. The first kappa shape index (κ1) is 12.2. The molecule has 0 aromatic carbocycles. The summed E-state index contributed by atoms with van der Waals surface area (Å²) in [5.74, 6) is 0.400. The van der Waals surface area contributed by atoms with Crippen LogP contribution in [0.3, 0.4) is 0 Å². The maximum atomic E-state index is 11.6. The smallest absolute Gasteiger partial charge is 0.130 e. The number of carbonyl (C=O) groups excluding carboxylic acids is 1. The molecule has 0 amide bonds. The first-order valence-corrected chi connectivity index (χ1v) is 7.30. The predicted octanol–water partition coefficient (Wildman–Crippen LogP) is 3.43. The lowest BCUT2D eigenvalue weighted by atomic mass is 9.61.